The highest BCUT2D eigenvalue weighted by Crippen LogP contribution is 2.34. The molecule has 1 amide bonds. The molecule has 1 fully saturated rings. The normalized spacial score (nSPS) is 18.5. The largest absolute Gasteiger partial charge is 0.444 e. The zero-order chi connectivity index (χ0) is 16.2. The van der Waals surface area contributed by atoms with Crippen LogP contribution in [0.15, 0.2) is 18.3 Å². The summed E-state index contributed by atoms with van der Waals surface area (Å²) in [6.07, 6.45) is 6.91. The van der Waals surface area contributed by atoms with Crippen molar-refractivity contribution < 1.29 is 9.53 Å². The summed E-state index contributed by atoms with van der Waals surface area (Å²) in [5, 5.41) is 0. The van der Waals surface area contributed by atoms with Gasteiger partial charge in [-0.1, -0.05) is 19.4 Å². The lowest BCUT2D eigenvalue weighted by molar-refractivity contribution is 0.0223. The predicted molar refractivity (Wildman–Crippen MR) is 87.8 cm³/mol. The van der Waals surface area contributed by atoms with Crippen LogP contribution in [0.25, 0.3) is 0 Å². The van der Waals surface area contributed by atoms with Crippen molar-refractivity contribution in [1.29, 1.82) is 0 Å². The SMILES string of the molecule is CCCCc1ncccc1C1CCCN1C(=O)OC(C)(C)C. The van der Waals surface area contributed by atoms with E-state index in [1.165, 1.54) is 5.56 Å². The van der Waals surface area contributed by atoms with Gasteiger partial charge in [-0.3, -0.25) is 4.98 Å². The number of hydrogen-bond acceptors (Lipinski definition) is 3. The zero-order valence-corrected chi connectivity index (χ0v) is 14.3. The third-order valence-corrected chi connectivity index (χ3v) is 3.93. The molecule has 0 bridgehead atoms. The second-order valence-electron chi connectivity index (χ2n) is 6.97. The van der Waals surface area contributed by atoms with Gasteiger partial charge in [0.2, 0.25) is 0 Å². The van der Waals surface area contributed by atoms with Crippen molar-refractivity contribution in [1.82, 2.24) is 9.88 Å². The van der Waals surface area contributed by atoms with E-state index in [1.807, 2.05) is 37.9 Å². The number of rotatable bonds is 4. The van der Waals surface area contributed by atoms with Crippen molar-refractivity contribution in [2.45, 2.75) is 71.4 Å². The Morgan fingerprint density at radius 3 is 2.91 bits per heavy atom. The molecule has 0 radical (unpaired) electrons. The van der Waals surface area contributed by atoms with Gasteiger partial charge in [-0.2, -0.15) is 0 Å². The number of unbranched alkanes of at least 4 members (excludes halogenated alkanes) is 1. The lowest BCUT2D eigenvalue weighted by atomic mass is 10.00. The zero-order valence-electron chi connectivity index (χ0n) is 14.3. The molecule has 1 aliphatic rings. The fourth-order valence-corrected chi connectivity index (χ4v) is 2.94. The molecule has 0 N–H and O–H groups in total. The monoisotopic (exact) mass is 304 g/mol. The van der Waals surface area contributed by atoms with E-state index in [-0.39, 0.29) is 12.1 Å². The Bertz CT molecular complexity index is 508. The van der Waals surface area contributed by atoms with Crippen LogP contribution in [-0.4, -0.2) is 28.1 Å². The number of pyridine rings is 1. The molecule has 122 valence electrons. The quantitative estimate of drug-likeness (QED) is 0.822. The average molecular weight is 304 g/mol. The molecule has 0 saturated carbocycles. The third-order valence-electron chi connectivity index (χ3n) is 3.93. The van der Waals surface area contributed by atoms with Gasteiger partial charge in [0, 0.05) is 18.4 Å². The first kappa shape index (κ1) is 16.8. The van der Waals surface area contributed by atoms with E-state index in [1.54, 1.807) is 0 Å². The van der Waals surface area contributed by atoms with Crippen LogP contribution in [0.2, 0.25) is 0 Å². The molecule has 1 unspecified atom stereocenters. The standard InChI is InChI=1S/C18H28N2O2/c1-5-6-10-15-14(9-7-12-19-15)16-11-8-13-20(16)17(21)22-18(2,3)4/h7,9,12,16H,5-6,8,10-11,13H2,1-4H3. The molecule has 0 aromatic carbocycles. The number of amides is 1. The maximum atomic E-state index is 12.5. The summed E-state index contributed by atoms with van der Waals surface area (Å²) in [6, 6.07) is 4.19. The lowest BCUT2D eigenvalue weighted by Gasteiger charge is -2.29. The predicted octanol–water partition coefficient (Wildman–Crippen LogP) is 4.50. The first-order valence-electron chi connectivity index (χ1n) is 8.36. The maximum absolute atomic E-state index is 12.5. The highest BCUT2D eigenvalue weighted by Gasteiger charge is 2.34. The molecular formula is C18H28N2O2. The third kappa shape index (κ3) is 4.21. The van der Waals surface area contributed by atoms with Gasteiger partial charge in [0.25, 0.3) is 0 Å². The molecule has 1 saturated heterocycles. The number of likely N-dealkylation sites (tertiary alicyclic amines) is 1. The summed E-state index contributed by atoms with van der Waals surface area (Å²) >= 11 is 0. The summed E-state index contributed by atoms with van der Waals surface area (Å²) in [5.74, 6) is 0. The minimum Gasteiger partial charge on any atom is -0.444 e. The van der Waals surface area contributed by atoms with E-state index < -0.39 is 5.60 Å². The number of aromatic nitrogens is 1. The van der Waals surface area contributed by atoms with Crippen LogP contribution in [0.4, 0.5) is 4.79 Å². The Morgan fingerprint density at radius 2 is 2.23 bits per heavy atom. The first-order valence-corrected chi connectivity index (χ1v) is 8.36. The van der Waals surface area contributed by atoms with E-state index >= 15 is 0 Å². The van der Waals surface area contributed by atoms with Gasteiger partial charge >= 0.3 is 6.09 Å². The molecule has 2 heterocycles. The fourth-order valence-electron chi connectivity index (χ4n) is 2.94. The van der Waals surface area contributed by atoms with E-state index in [4.69, 9.17) is 4.74 Å². The number of hydrogen-bond donors (Lipinski definition) is 0. The Morgan fingerprint density at radius 1 is 1.45 bits per heavy atom. The van der Waals surface area contributed by atoms with Crippen molar-refractivity contribution in [3.8, 4) is 0 Å². The summed E-state index contributed by atoms with van der Waals surface area (Å²) < 4.78 is 5.56. The topological polar surface area (TPSA) is 42.4 Å². The molecule has 4 heteroatoms. The van der Waals surface area contributed by atoms with Crippen LogP contribution in [0.1, 0.15) is 70.7 Å². The summed E-state index contributed by atoms with van der Waals surface area (Å²) in [6.45, 7) is 8.68. The Kier molecular flexibility index (Phi) is 5.43. The van der Waals surface area contributed by atoms with Gasteiger partial charge < -0.3 is 9.64 Å². The van der Waals surface area contributed by atoms with Crippen molar-refractivity contribution >= 4 is 6.09 Å². The van der Waals surface area contributed by atoms with E-state index in [0.717, 1.165) is 44.3 Å². The summed E-state index contributed by atoms with van der Waals surface area (Å²) in [4.78, 5) is 18.9. The van der Waals surface area contributed by atoms with Crippen LogP contribution in [-0.2, 0) is 11.2 Å². The average Bonchev–Trinajstić information content (AvgIpc) is 2.93. The van der Waals surface area contributed by atoms with Crippen LogP contribution < -0.4 is 0 Å². The van der Waals surface area contributed by atoms with E-state index in [0.29, 0.717) is 0 Å². The van der Waals surface area contributed by atoms with Gasteiger partial charge in [-0.25, -0.2) is 4.79 Å². The fraction of sp³-hybridized carbons (Fsp3) is 0.667. The molecule has 0 aliphatic carbocycles. The van der Waals surface area contributed by atoms with Crippen molar-refractivity contribution in [2.75, 3.05) is 6.54 Å². The number of nitrogens with zero attached hydrogens (tertiary/aromatic N) is 2. The van der Waals surface area contributed by atoms with Crippen molar-refractivity contribution in [3.63, 3.8) is 0 Å². The minimum atomic E-state index is -0.454. The van der Waals surface area contributed by atoms with Gasteiger partial charge in [-0.15, -0.1) is 0 Å². The van der Waals surface area contributed by atoms with Crippen LogP contribution in [0.5, 0.6) is 0 Å². The number of carbonyl (C=O) groups excluding carboxylic acids is 1. The number of aryl methyl sites for hydroxylation is 1. The number of carbonyl (C=O) groups is 1. The molecule has 0 spiro atoms. The maximum Gasteiger partial charge on any atom is 0.410 e. The van der Waals surface area contributed by atoms with Gasteiger partial charge in [0.15, 0.2) is 0 Å². The molecule has 1 aromatic heterocycles. The highest BCUT2D eigenvalue weighted by atomic mass is 16.6. The molecule has 1 aliphatic heterocycles. The van der Waals surface area contributed by atoms with Gasteiger partial charge in [0.1, 0.15) is 5.60 Å². The van der Waals surface area contributed by atoms with Crippen LogP contribution in [0, 0.1) is 0 Å². The number of ether oxygens (including phenoxy) is 1. The van der Waals surface area contributed by atoms with E-state index in [2.05, 4.69) is 18.0 Å². The van der Waals surface area contributed by atoms with Crippen molar-refractivity contribution in [3.05, 3.63) is 29.6 Å². The Balaban J connectivity index is 2.18. The second kappa shape index (κ2) is 7.12. The highest BCUT2D eigenvalue weighted by molar-refractivity contribution is 5.69. The summed E-state index contributed by atoms with van der Waals surface area (Å²) in [7, 11) is 0. The molecule has 2 rings (SSSR count). The first-order chi connectivity index (χ1) is 10.4. The van der Waals surface area contributed by atoms with Crippen LogP contribution in [0.3, 0.4) is 0 Å². The second-order valence-corrected chi connectivity index (χ2v) is 6.97. The molecule has 1 atom stereocenters. The lowest BCUT2D eigenvalue weighted by Crippen LogP contribution is -2.36. The Hall–Kier alpha value is -1.58. The molecule has 4 nitrogen and oxygen atoms in total. The van der Waals surface area contributed by atoms with Crippen molar-refractivity contribution in [2.24, 2.45) is 0 Å². The van der Waals surface area contributed by atoms with E-state index in [9.17, 15) is 4.79 Å². The van der Waals surface area contributed by atoms with Gasteiger partial charge in [-0.05, 0) is 58.1 Å². The van der Waals surface area contributed by atoms with Gasteiger partial charge in [0.05, 0.1) is 6.04 Å². The summed E-state index contributed by atoms with van der Waals surface area (Å²) in [5.41, 5.74) is 1.87. The smallest absolute Gasteiger partial charge is 0.410 e. The molecule has 22 heavy (non-hydrogen) atoms. The minimum absolute atomic E-state index is 0.107. The van der Waals surface area contributed by atoms with Crippen LogP contribution >= 0.6 is 0 Å². The molecule has 1 aromatic rings. The Labute approximate surface area is 133 Å². The molecular weight excluding hydrogens is 276 g/mol.